The summed E-state index contributed by atoms with van der Waals surface area (Å²) >= 11 is 10.6. The van der Waals surface area contributed by atoms with Crippen LogP contribution < -0.4 is 0 Å². The standard InChI is InChI=1S/C16H22N2OS2/c1-4-6-7-8-12-9-10-13(17(12)3)11-14-15(20)18(5-2)16(21)19-14/h9-11H,4-8H2,1-3H3. The van der Waals surface area contributed by atoms with Gasteiger partial charge in [0.05, 0.1) is 0 Å². The lowest BCUT2D eigenvalue weighted by Crippen LogP contribution is -2.26. The zero-order valence-electron chi connectivity index (χ0n) is 12.9. The van der Waals surface area contributed by atoms with Crippen LogP contribution in [-0.4, -0.2) is 26.2 Å². The van der Waals surface area contributed by atoms with Gasteiger partial charge in [-0.05, 0) is 44.1 Å². The molecule has 1 aromatic heterocycles. The summed E-state index contributed by atoms with van der Waals surface area (Å²) in [6.07, 6.45) is 6.83. The maximum Gasteiger partial charge on any atom is 0.270 e. The molecule has 2 rings (SSSR count). The number of nitrogens with zero attached hydrogens (tertiary/aromatic N) is 2. The van der Waals surface area contributed by atoms with E-state index in [4.69, 9.17) is 29.2 Å². The van der Waals surface area contributed by atoms with Crippen molar-refractivity contribution in [2.45, 2.75) is 39.5 Å². The average molecular weight is 322 g/mol. The zero-order chi connectivity index (χ0) is 15.4. The van der Waals surface area contributed by atoms with Gasteiger partial charge in [0, 0.05) is 31.1 Å². The van der Waals surface area contributed by atoms with E-state index in [2.05, 4.69) is 30.7 Å². The lowest BCUT2D eigenvalue weighted by atomic mass is 10.1. The summed E-state index contributed by atoms with van der Waals surface area (Å²) in [5.74, 6) is 0.679. The first-order valence-corrected chi connectivity index (χ1v) is 8.30. The molecule has 0 unspecified atom stereocenters. The van der Waals surface area contributed by atoms with Crippen LogP contribution in [0.5, 0.6) is 0 Å². The molecule has 0 N–H and O–H groups in total. The first kappa shape index (κ1) is 16.2. The molecule has 21 heavy (non-hydrogen) atoms. The molecule has 5 heteroatoms. The lowest BCUT2D eigenvalue weighted by Gasteiger charge is -2.09. The van der Waals surface area contributed by atoms with Crippen molar-refractivity contribution in [2.24, 2.45) is 7.05 Å². The van der Waals surface area contributed by atoms with Gasteiger partial charge in [-0.1, -0.05) is 32.0 Å². The summed E-state index contributed by atoms with van der Waals surface area (Å²) in [5.41, 5.74) is 2.44. The molecule has 0 spiro atoms. The maximum atomic E-state index is 5.61. The molecule has 3 nitrogen and oxygen atoms in total. The van der Waals surface area contributed by atoms with Gasteiger partial charge in [0.25, 0.3) is 5.17 Å². The highest BCUT2D eigenvalue weighted by atomic mass is 32.1. The summed E-state index contributed by atoms with van der Waals surface area (Å²) in [5, 5.41) is 0.450. The molecule has 114 valence electrons. The van der Waals surface area contributed by atoms with Crippen LogP contribution in [0.1, 0.15) is 44.5 Å². The second-order valence-corrected chi connectivity index (χ2v) is 5.93. The maximum absolute atomic E-state index is 5.61. The first-order chi connectivity index (χ1) is 10.1. The van der Waals surface area contributed by atoms with Crippen LogP contribution in [0, 0.1) is 0 Å². The highest BCUT2D eigenvalue weighted by molar-refractivity contribution is 7.82. The quantitative estimate of drug-likeness (QED) is 0.446. The van der Waals surface area contributed by atoms with Crippen molar-refractivity contribution in [2.75, 3.05) is 6.54 Å². The van der Waals surface area contributed by atoms with E-state index < -0.39 is 0 Å². The molecule has 1 aromatic rings. The second-order valence-electron chi connectivity index (χ2n) is 5.19. The van der Waals surface area contributed by atoms with Gasteiger partial charge in [-0.25, -0.2) is 0 Å². The van der Waals surface area contributed by atoms with Crippen LogP contribution in [0.4, 0.5) is 0 Å². The number of ether oxygens (including phenoxy) is 1. The molecule has 0 bridgehead atoms. The number of aromatic nitrogens is 1. The smallest absolute Gasteiger partial charge is 0.270 e. The normalized spacial score (nSPS) is 16.9. The predicted molar refractivity (Wildman–Crippen MR) is 95.3 cm³/mol. The fourth-order valence-corrected chi connectivity index (χ4v) is 3.11. The molecule has 1 aliphatic heterocycles. The van der Waals surface area contributed by atoms with E-state index in [9.17, 15) is 0 Å². The summed E-state index contributed by atoms with van der Waals surface area (Å²) in [4.78, 5) is 2.51. The molecule has 0 aliphatic carbocycles. The third-order valence-electron chi connectivity index (χ3n) is 3.77. The summed E-state index contributed by atoms with van der Waals surface area (Å²) in [6.45, 7) is 4.98. The number of thiocarbonyl (C=S) groups is 2. The molecule has 2 heterocycles. The van der Waals surface area contributed by atoms with Gasteiger partial charge >= 0.3 is 0 Å². The van der Waals surface area contributed by atoms with E-state index in [1.165, 1.54) is 25.0 Å². The van der Waals surface area contributed by atoms with Gasteiger partial charge in [0.2, 0.25) is 0 Å². The summed E-state index contributed by atoms with van der Waals surface area (Å²) in [6, 6.07) is 4.29. The Bertz CT molecular complexity index is 575. The van der Waals surface area contributed by atoms with E-state index in [-0.39, 0.29) is 0 Å². The summed E-state index contributed by atoms with van der Waals surface area (Å²) < 4.78 is 7.81. The van der Waals surface area contributed by atoms with Crippen molar-refractivity contribution in [3.8, 4) is 0 Å². The molecule has 1 aliphatic rings. The number of unbranched alkanes of at least 4 members (excludes halogenated alkanes) is 2. The van der Waals surface area contributed by atoms with Gasteiger partial charge in [-0.2, -0.15) is 0 Å². The average Bonchev–Trinajstić information content (AvgIpc) is 2.93. The molecular weight excluding hydrogens is 300 g/mol. The van der Waals surface area contributed by atoms with Gasteiger partial charge in [-0.3, -0.25) is 4.90 Å². The number of hydrogen-bond acceptors (Lipinski definition) is 3. The Morgan fingerprint density at radius 3 is 2.57 bits per heavy atom. The topological polar surface area (TPSA) is 17.4 Å². The molecule has 0 saturated carbocycles. The van der Waals surface area contributed by atoms with Crippen molar-refractivity contribution in [1.82, 2.24) is 9.47 Å². The molecule has 0 amide bonds. The molecule has 0 radical (unpaired) electrons. The van der Waals surface area contributed by atoms with Gasteiger partial charge in [0.1, 0.15) is 0 Å². The molecule has 0 atom stereocenters. The van der Waals surface area contributed by atoms with Gasteiger partial charge in [-0.15, -0.1) is 0 Å². The fraction of sp³-hybridized carbons (Fsp3) is 0.500. The Kier molecular flexibility index (Phi) is 5.53. The molecule has 1 fully saturated rings. The largest absolute Gasteiger partial charge is 0.428 e. The van der Waals surface area contributed by atoms with E-state index in [1.54, 1.807) is 0 Å². The fourth-order valence-electron chi connectivity index (χ4n) is 2.43. The second kappa shape index (κ2) is 7.18. The van der Waals surface area contributed by atoms with E-state index in [0.717, 1.165) is 18.7 Å². The van der Waals surface area contributed by atoms with Crippen LogP contribution in [0.3, 0.4) is 0 Å². The third kappa shape index (κ3) is 3.52. The van der Waals surface area contributed by atoms with Crippen LogP contribution in [0.2, 0.25) is 0 Å². The molecule has 1 saturated heterocycles. The Labute approximate surface area is 137 Å². The Hall–Kier alpha value is -1.20. The van der Waals surface area contributed by atoms with Crippen molar-refractivity contribution in [1.29, 1.82) is 0 Å². The van der Waals surface area contributed by atoms with Gasteiger partial charge in [0.15, 0.2) is 10.7 Å². The van der Waals surface area contributed by atoms with Crippen LogP contribution in [-0.2, 0) is 18.2 Å². The summed E-state index contributed by atoms with van der Waals surface area (Å²) in [7, 11) is 2.08. The molecular formula is C16H22N2OS2. The number of hydrogen-bond donors (Lipinski definition) is 0. The minimum atomic E-state index is 0.450. The number of likely N-dealkylation sites (N-methyl/N-ethyl adjacent to an activating group) is 1. The predicted octanol–water partition coefficient (Wildman–Crippen LogP) is 4.06. The van der Waals surface area contributed by atoms with Crippen molar-refractivity contribution in [3.63, 3.8) is 0 Å². The highest BCUT2D eigenvalue weighted by Gasteiger charge is 2.28. The monoisotopic (exact) mass is 322 g/mol. The van der Waals surface area contributed by atoms with E-state index >= 15 is 0 Å². The Balaban J connectivity index is 2.15. The lowest BCUT2D eigenvalue weighted by molar-refractivity contribution is 0.442. The Morgan fingerprint density at radius 1 is 1.19 bits per heavy atom. The number of rotatable bonds is 6. The van der Waals surface area contributed by atoms with Crippen molar-refractivity contribution in [3.05, 3.63) is 29.3 Å². The van der Waals surface area contributed by atoms with E-state index in [0.29, 0.717) is 15.9 Å². The minimum absolute atomic E-state index is 0.450. The minimum Gasteiger partial charge on any atom is -0.428 e. The highest BCUT2D eigenvalue weighted by Crippen LogP contribution is 2.22. The van der Waals surface area contributed by atoms with Crippen LogP contribution in [0.25, 0.3) is 6.08 Å². The molecule has 0 aromatic carbocycles. The van der Waals surface area contributed by atoms with Crippen molar-refractivity contribution < 1.29 is 4.74 Å². The number of aryl methyl sites for hydroxylation is 1. The first-order valence-electron chi connectivity index (χ1n) is 7.48. The van der Waals surface area contributed by atoms with E-state index in [1.807, 2.05) is 17.9 Å². The SMILES string of the molecule is CCCCCc1ccc(C=C2OC(=S)N(CC)C2=S)n1C. The van der Waals surface area contributed by atoms with Crippen LogP contribution >= 0.6 is 24.4 Å². The van der Waals surface area contributed by atoms with Crippen LogP contribution in [0.15, 0.2) is 17.9 Å². The third-order valence-corrected chi connectivity index (χ3v) is 4.50. The van der Waals surface area contributed by atoms with Gasteiger partial charge < -0.3 is 9.30 Å². The van der Waals surface area contributed by atoms with Crippen molar-refractivity contribution >= 4 is 40.7 Å². The Morgan fingerprint density at radius 2 is 1.95 bits per heavy atom. The zero-order valence-corrected chi connectivity index (χ0v) is 14.5.